The lowest BCUT2D eigenvalue weighted by atomic mass is 10.2. The minimum atomic E-state index is -1.39. The van der Waals surface area contributed by atoms with E-state index in [4.69, 9.17) is 0 Å². The van der Waals surface area contributed by atoms with Gasteiger partial charge in [0, 0.05) is 17.3 Å². The van der Waals surface area contributed by atoms with E-state index >= 15 is 0 Å². The second-order valence-electron chi connectivity index (χ2n) is 4.48. The SMILES string of the molecule is C[Si](C)(C)C#CSC(=O)C#Cc1ccccc1. The Labute approximate surface area is 108 Å². The molecule has 0 atom stereocenters. The first-order valence-electron chi connectivity index (χ1n) is 5.27. The van der Waals surface area contributed by atoms with Gasteiger partial charge in [0.15, 0.2) is 0 Å². The maximum absolute atomic E-state index is 11.4. The quantitative estimate of drug-likeness (QED) is 0.525. The van der Waals surface area contributed by atoms with Crippen molar-refractivity contribution in [3.63, 3.8) is 0 Å². The van der Waals surface area contributed by atoms with E-state index in [9.17, 15) is 4.79 Å². The lowest BCUT2D eigenvalue weighted by molar-refractivity contribution is -0.106. The van der Waals surface area contributed by atoms with Crippen LogP contribution in [0.15, 0.2) is 30.3 Å². The van der Waals surface area contributed by atoms with E-state index in [1.54, 1.807) is 0 Å². The van der Waals surface area contributed by atoms with Crippen molar-refractivity contribution in [3.05, 3.63) is 35.9 Å². The van der Waals surface area contributed by atoms with Crippen molar-refractivity contribution < 1.29 is 4.79 Å². The molecule has 0 unspecified atom stereocenters. The largest absolute Gasteiger partial charge is 0.275 e. The zero-order valence-corrected chi connectivity index (χ0v) is 12.0. The highest BCUT2D eigenvalue weighted by Crippen LogP contribution is 2.02. The van der Waals surface area contributed by atoms with E-state index in [-0.39, 0.29) is 5.12 Å². The third-order valence-electron chi connectivity index (χ3n) is 1.65. The second kappa shape index (κ2) is 6.35. The van der Waals surface area contributed by atoms with Gasteiger partial charge in [0.2, 0.25) is 0 Å². The van der Waals surface area contributed by atoms with Gasteiger partial charge in [-0.05, 0) is 23.3 Å². The highest BCUT2D eigenvalue weighted by atomic mass is 32.2. The minimum absolute atomic E-state index is 0.195. The Hall–Kier alpha value is -1.42. The van der Waals surface area contributed by atoms with Crippen LogP contribution < -0.4 is 0 Å². The van der Waals surface area contributed by atoms with Gasteiger partial charge in [-0.2, -0.15) is 0 Å². The van der Waals surface area contributed by atoms with Crippen molar-refractivity contribution in [3.8, 4) is 22.6 Å². The number of benzene rings is 1. The summed E-state index contributed by atoms with van der Waals surface area (Å²) in [5.74, 6) is 5.39. The van der Waals surface area contributed by atoms with Gasteiger partial charge in [0.1, 0.15) is 8.07 Å². The lowest BCUT2D eigenvalue weighted by Gasteiger charge is -2.02. The van der Waals surface area contributed by atoms with Gasteiger partial charge in [-0.3, -0.25) is 4.79 Å². The van der Waals surface area contributed by atoms with Crippen LogP contribution in [-0.4, -0.2) is 13.2 Å². The van der Waals surface area contributed by atoms with Crippen LogP contribution in [0.5, 0.6) is 0 Å². The van der Waals surface area contributed by atoms with Gasteiger partial charge in [0.05, 0.1) is 0 Å². The van der Waals surface area contributed by atoms with Crippen LogP contribution in [0.25, 0.3) is 0 Å². The summed E-state index contributed by atoms with van der Waals surface area (Å²) in [5, 5.41) is 2.64. The Morgan fingerprint density at radius 3 is 2.41 bits per heavy atom. The first-order valence-corrected chi connectivity index (χ1v) is 9.59. The predicted molar refractivity (Wildman–Crippen MR) is 77.0 cm³/mol. The molecule has 1 aromatic rings. The van der Waals surface area contributed by atoms with E-state index in [0.29, 0.717) is 0 Å². The van der Waals surface area contributed by atoms with Crippen LogP contribution in [-0.2, 0) is 4.79 Å². The van der Waals surface area contributed by atoms with E-state index in [0.717, 1.165) is 17.3 Å². The van der Waals surface area contributed by atoms with Crippen LogP contribution in [0.3, 0.4) is 0 Å². The van der Waals surface area contributed by atoms with Crippen LogP contribution in [0.1, 0.15) is 5.56 Å². The third kappa shape index (κ3) is 6.68. The molecule has 0 aliphatic rings. The van der Waals surface area contributed by atoms with Crippen molar-refractivity contribution in [1.29, 1.82) is 0 Å². The number of rotatable bonds is 0. The molecule has 0 fully saturated rings. The van der Waals surface area contributed by atoms with Gasteiger partial charge in [-0.1, -0.05) is 43.8 Å². The molecule has 1 aromatic carbocycles. The van der Waals surface area contributed by atoms with Crippen molar-refractivity contribution in [1.82, 2.24) is 0 Å². The van der Waals surface area contributed by atoms with Crippen molar-refractivity contribution in [2.24, 2.45) is 0 Å². The Morgan fingerprint density at radius 1 is 1.18 bits per heavy atom. The molecule has 1 rings (SSSR count). The third-order valence-corrected chi connectivity index (χ3v) is 3.20. The molecule has 0 aromatic heterocycles. The van der Waals surface area contributed by atoms with E-state index in [1.165, 1.54) is 0 Å². The molecule has 0 spiro atoms. The molecule has 17 heavy (non-hydrogen) atoms. The average molecular weight is 258 g/mol. The molecule has 0 aliphatic carbocycles. The van der Waals surface area contributed by atoms with Crippen LogP contribution in [0.4, 0.5) is 0 Å². The molecule has 0 saturated heterocycles. The van der Waals surface area contributed by atoms with Gasteiger partial charge < -0.3 is 0 Å². The van der Waals surface area contributed by atoms with E-state index < -0.39 is 8.07 Å². The molecule has 1 nitrogen and oxygen atoms in total. The molecule has 3 heteroatoms. The monoisotopic (exact) mass is 258 g/mol. The zero-order valence-electron chi connectivity index (χ0n) is 10.2. The molecule has 0 radical (unpaired) electrons. The smallest absolute Gasteiger partial charge is 0.271 e. The van der Waals surface area contributed by atoms with Crippen molar-refractivity contribution in [2.45, 2.75) is 19.6 Å². The van der Waals surface area contributed by atoms with E-state index in [2.05, 4.69) is 42.3 Å². The fourth-order valence-electron chi connectivity index (χ4n) is 0.895. The molecule has 0 amide bonds. The maximum Gasteiger partial charge on any atom is 0.275 e. The van der Waals surface area contributed by atoms with Gasteiger partial charge in [-0.25, -0.2) is 0 Å². The molecular formula is C14H14OSSi. The molecule has 0 heterocycles. The zero-order chi connectivity index (χ0) is 12.7. The summed E-state index contributed by atoms with van der Waals surface area (Å²) in [6, 6.07) is 9.46. The fourth-order valence-corrected chi connectivity index (χ4v) is 2.52. The summed E-state index contributed by atoms with van der Waals surface area (Å²) in [5.41, 5.74) is 3.96. The number of hydrogen-bond acceptors (Lipinski definition) is 2. The van der Waals surface area contributed by atoms with Gasteiger partial charge in [0.25, 0.3) is 5.12 Å². The summed E-state index contributed by atoms with van der Waals surface area (Å²) in [6.07, 6.45) is 0. The Bertz CT molecular complexity index is 506. The molecule has 0 aliphatic heterocycles. The summed E-state index contributed by atoms with van der Waals surface area (Å²) >= 11 is 0.984. The average Bonchev–Trinajstić information content (AvgIpc) is 2.26. The minimum Gasteiger partial charge on any atom is -0.271 e. The Kier molecular flexibility index (Phi) is 5.09. The number of carbonyl (C=O) groups excluding carboxylic acids is 1. The number of thioether (sulfide) groups is 1. The summed E-state index contributed by atoms with van der Waals surface area (Å²) in [7, 11) is -1.39. The van der Waals surface area contributed by atoms with Crippen LogP contribution in [0, 0.1) is 22.6 Å². The highest BCUT2D eigenvalue weighted by Gasteiger charge is 2.07. The molecule has 0 saturated carbocycles. The topological polar surface area (TPSA) is 17.1 Å². The van der Waals surface area contributed by atoms with Gasteiger partial charge in [-0.15, -0.1) is 5.54 Å². The molecule has 86 valence electrons. The summed E-state index contributed by atoms with van der Waals surface area (Å²) in [6.45, 7) is 6.42. The maximum atomic E-state index is 11.4. The number of carbonyl (C=O) groups is 1. The first kappa shape index (κ1) is 13.6. The van der Waals surface area contributed by atoms with Crippen molar-refractivity contribution in [2.75, 3.05) is 0 Å². The fraction of sp³-hybridized carbons (Fsp3) is 0.214. The van der Waals surface area contributed by atoms with Crippen molar-refractivity contribution >= 4 is 25.0 Å². The first-order chi connectivity index (χ1) is 7.97. The normalized spacial score (nSPS) is 9.59. The molecular weight excluding hydrogens is 244 g/mol. The standard InChI is InChI=1S/C14H14OSSi/c1-17(2,3)12-11-16-14(15)10-9-13-7-5-4-6-8-13/h4-8H,1-3H3. The second-order valence-corrected chi connectivity index (χ2v) is 10.0. The van der Waals surface area contributed by atoms with Crippen LogP contribution >= 0.6 is 11.8 Å². The molecule has 0 N–H and O–H groups in total. The highest BCUT2D eigenvalue weighted by molar-refractivity contribution is 8.18. The lowest BCUT2D eigenvalue weighted by Crippen LogP contribution is -2.16. The Morgan fingerprint density at radius 2 is 1.82 bits per heavy atom. The van der Waals surface area contributed by atoms with E-state index in [1.807, 2.05) is 30.3 Å². The summed E-state index contributed by atoms with van der Waals surface area (Å²) < 4.78 is 0. The number of hydrogen-bond donors (Lipinski definition) is 0. The predicted octanol–water partition coefficient (Wildman–Crippen LogP) is 3.14. The van der Waals surface area contributed by atoms with Gasteiger partial charge >= 0.3 is 0 Å². The molecule has 0 bridgehead atoms. The summed E-state index contributed by atoms with van der Waals surface area (Å²) in [4.78, 5) is 11.4. The Balaban J connectivity index is 2.57. The van der Waals surface area contributed by atoms with Crippen LogP contribution in [0.2, 0.25) is 19.6 Å².